The number of alkyl halides is 2. The molecule has 0 spiro atoms. The van der Waals surface area contributed by atoms with Crippen LogP contribution in [0.4, 0.5) is 8.78 Å². The molecule has 0 saturated carbocycles. The summed E-state index contributed by atoms with van der Waals surface area (Å²) in [5, 5.41) is 0. The van der Waals surface area contributed by atoms with Crippen LogP contribution in [0.3, 0.4) is 0 Å². The van der Waals surface area contributed by atoms with Crippen LogP contribution in [0.2, 0.25) is 0 Å². The molecule has 0 aliphatic rings. The molecule has 33 heavy (non-hydrogen) atoms. The fourth-order valence-electron chi connectivity index (χ4n) is 3.04. The van der Waals surface area contributed by atoms with Crippen LogP contribution in [0.1, 0.15) is 16.7 Å². The van der Waals surface area contributed by atoms with Crippen LogP contribution in [0.5, 0.6) is 0 Å². The predicted molar refractivity (Wildman–Crippen MR) is 124 cm³/mol. The Balaban J connectivity index is 1.64. The number of halogens is 3. The summed E-state index contributed by atoms with van der Waals surface area (Å²) in [5.41, 5.74) is -2.09. The molecule has 3 aromatic rings. The molecule has 0 saturated heterocycles. The van der Waals surface area contributed by atoms with E-state index in [1.54, 1.807) is 18.2 Å². The maximum Gasteiger partial charge on any atom is 0.399 e. The van der Waals surface area contributed by atoms with Crippen molar-refractivity contribution in [2.75, 3.05) is 6.26 Å². The molecule has 0 bridgehead atoms. The van der Waals surface area contributed by atoms with Gasteiger partial charge in [-0.25, -0.2) is 8.42 Å². The molecule has 0 radical (unpaired) electrons. The number of ether oxygens (including phenoxy) is 1. The lowest BCUT2D eigenvalue weighted by molar-refractivity contribution is 0.0556. The third-order valence-corrected chi connectivity index (χ3v) is 7.55. The standard InChI is InChI=1S/C22H20BrF2O6PS/c1-33(29,30)19-4-2-3-18(12-19)17-8-5-15(6-9-17)13-31-14-16-7-10-20(21(23)11-16)22(24,25)32(26,27)28/h2-12H,13-14H2,1H3,(H2,26,27,28). The van der Waals surface area contributed by atoms with Crippen LogP contribution < -0.4 is 0 Å². The van der Waals surface area contributed by atoms with Crippen LogP contribution in [-0.4, -0.2) is 24.5 Å². The second kappa shape index (κ2) is 9.74. The lowest BCUT2D eigenvalue weighted by Crippen LogP contribution is -2.14. The second-order valence-electron chi connectivity index (χ2n) is 7.39. The van der Waals surface area contributed by atoms with Gasteiger partial charge in [-0.3, -0.25) is 4.57 Å². The lowest BCUT2D eigenvalue weighted by atomic mass is 10.0. The minimum absolute atomic E-state index is 0.0958. The van der Waals surface area contributed by atoms with Crippen molar-refractivity contribution >= 4 is 33.4 Å². The van der Waals surface area contributed by atoms with Crippen LogP contribution in [0, 0.1) is 0 Å². The molecule has 0 aliphatic heterocycles. The van der Waals surface area contributed by atoms with Gasteiger partial charge in [0.05, 0.1) is 18.1 Å². The van der Waals surface area contributed by atoms with E-state index in [-0.39, 0.29) is 22.6 Å². The van der Waals surface area contributed by atoms with E-state index in [0.717, 1.165) is 29.0 Å². The first-order chi connectivity index (χ1) is 15.3. The summed E-state index contributed by atoms with van der Waals surface area (Å²) in [6, 6.07) is 17.6. The van der Waals surface area contributed by atoms with E-state index in [9.17, 15) is 21.8 Å². The Morgan fingerprint density at radius 3 is 2.12 bits per heavy atom. The van der Waals surface area contributed by atoms with E-state index >= 15 is 0 Å². The van der Waals surface area contributed by atoms with Gasteiger partial charge in [0.1, 0.15) is 0 Å². The van der Waals surface area contributed by atoms with E-state index in [2.05, 4.69) is 15.9 Å². The van der Waals surface area contributed by atoms with Gasteiger partial charge in [-0.15, -0.1) is 0 Å². The highest BCUT2D eigenvalue weighted by Crippen LogP contribution is 2.60. The molecule has 0 atom stereocenters. The molecular formula is C22H20BrF2O6PS. The number of hydrogen-bond acceptors (Lipinski definition) is 4. The van der Waals surface area contributed by atoms with Crippen molar-refractivity contribution < 1.29 is 36.3 Å². The van der Waals surface area contributed by atoms with Crippen molar-refractivity contribution in [3.63, 3.8) is 0 Å². The summed E-state index contributed by atoms with van der Waals surface area (Å²) in [6.07, 6.45) is 1.15. The monoisotopic (exact) mass is 560 g/mol. The molecular weight excluding hydrogens is 541 g/mol. The summed E-state index contributed by atoms with van der Waals surface area (Å²) in [5.74, 6) is 0. The Bertz CT molecular complexity index is 1310. The summed E-state index contributed by atoms with van der Waals surface area (Å²) in [6.45, 7) is 0.334. The lowest BCUT2D eigenvalue weighted by Gasteiger charge is -2.19. The summed E-state index contributed by atoms with van der Waals surface area (Å²) >= 11 is 2.94. The molecule has 0 aromatic heterocycles. The first-order valence-electron chi connectivity index (χ1n) is 9.48. The van der Waals surface area contributed by atoms with E-state index in [0.29, 0.717) is 5.56 Å². The van der Waals surface area contributed by atoms with E-state index < -0.39 is 28.7 Å². The van der Waals surface area contributed by atoms with Crippen molar-refractivity contribution in [1.29, 1.82) is 0 Å². The van der Waals surface area contributed by atoms with Gasteiger partial charge in [-0.1, -0.05) is 64.5 Å². The highest BCUT2D eigenvalue weighted by atomic mass is 79.9. The quantitative estimate of drug-likeness (QED) is 0.354. The molecule has 11 heteroatoms. The van der Waals surface area contributed by atoms with Gasteiger partial charge >= 0.3 is 13.3 Å². The first kappa shape index (κ1) is 25.7. The van der Waals surface area contributed by atoms with Gasteiger partial charge in [-0.05, 0) is 40.5 Å². The number of sulfone groups is 1. The Labute approximate surface area is 198 Å². The molecule has 0 aliphatic carbocycles. The highest BCUT2D eigenvalue weighted by molar-refractivity contribution is 9.10. The van der Waals surface area contributed by atoms with Crippen molar-refractivity contribution in [3.8, 4) is 11.1 Å². The summed E-state index contributed by atoms with van der Waals surface area (Å²) in [4.78, 5) is 18.0. The Kier molecular flexibility index (Phi) is 7.58. The molecule has 0 heterocycles. The molecule has 176 valence electrons. The maximum atomic E-state index is 13.9. The Morgan fingerprint density at radius 2 is 1.55 bits per heavy atom. The third kappa shape index (κ3) is 6.15. The average molecular weight is 561 g/mol. The second-order valence-corrected chi connectivity index (χ2v) is 11.9. The van der Waals surface area contributed by atoms with Crippen LogP contribution in [-0.2, 0) is 38.0 Å². The van der Waals surface area contributed by atoms with E-state index in [1.165, 1.54) is 12.1 Å². The van der Waals surface area contributed by atoms with Crippen molar-refractivity contribution in [1.82, 2.24) is 0 Å². The topological polar surface area (TPSA) is 101 Å². The average Bonchev–Trinajstić information content (AvgIpc) is 2.73. The van der Waals surface area contributed by atoms with Crippen molar-refractivity contribution in [2.45, 2.75) is 23.8 Å². The van der Waals surface area contributed by atoms with E-state index in [1.807, 2.05) is 30.3 Å². The molecule has 2 N–H and O–H groups in total. The van der Waals surface area contributed by atoms with Gasteiger partial charge in [0.15, 0.2) is 9.84 Å². The highest BCUT2D eigenvalue weighted by Gasteiger charge is 2.51. The van der Waals surface area contributed by atoms with Crippen LogP contribution in [0.15, 0.2) is 76.1 Å². The zero-order chi connectivity index (χ0) is 24.4. The van der Waals surface area contributed by atoms with Gasteiger partial charge in [0.25, 0.3) is 0 Å². The maximum absolute atomic E-state index is 13.9. The van der Waals surface area contributed by atoms with Crippen LogP contribution >= 0.6 is 23.5 Å². The summed E-state index contributed by atoms with van der Waals surface area (Å²) in [7, 11) is -8.96. The predicted octanol–water partition coefficient (Wildman–Crippen LogP) is 5.46. The Hall–Kier alpha value is -1.94. The van der Waals surface area contributed by atoms with E-state index in [4.69, 9.17) is 14.5 Å². The Morgan fingerprint density at radius 1 is 0.939 bits per heavy atom. The van der Waals surface area contributed by atoms with Crippen LogP contribution in [0.25, 0.3) is 11.1 Å². The smallest absolute Gasteiger partial charge is 0.372 e. The molecule has 0 unspecified atom stereocenters. The third-order valence-electron chi connectivity index (χ3n) is 4.81. The minimum Gasteiger partial charge on any atom is -0.372 e. The fourth-order valence-corrected chi connectivity index (χ4v) is 5.04. The van der Waals surface area contributed by atoms with Crippen molar-refractivity contribution in [3.05, 3.63) is 87.9 Å². The SMILES string of the molecule is CS(=O)(=O)c1cccc(-c2ccc(COCc3ccc(C(F)(F)P(=O)(O)O)c(Br)c3)cc2)c1. The number of benzene rings is 3. The zero-order valence-electron chi connectivity index (χ0n) is 17.3. The summed E-state index contributed by atoms with van der Waals surface area (Å²) < 4.78 is 67.9. The number of rotatable bonds is 8. The number of hydrogen-bond donors (Lipinski definition) is 2. The van der Waals surface area contributed by atoms with Gasteiger partial charge in [0.2, 0.25) is 0 Å². The fraction of sp³-hybridized carbons (Fsp3) is 0.182. The van der Waals surface area contributed by atoms with Gasteiger partial charge in [-0.2, -0.15) is 8.78 Å². The molecule has 3 aromatic carbocycles. The molecule has 0 fully saturated rings. The molecule has 3 rings (SSSR count). The first-order valence-corrected chi connectivity index (χ1v) is 13.8. The van der Waals surface area contributed by atoms with Gasteiger partial charge in [0, 0.05) is 16.3 Å². The molecule has 6 nitrogen and oxygen atoms in total. The largest absolute Gasteiger partial charge is 0.399 e. The molecule has 0 amide bonds. The minimum atomic E-state index is -5.66. The van der Waals surface area contributed by atoms with Gasteiger partial charge < -0.3 is 14.5 Å². The normalized spacial score (nSPS) is 12.7. The van der Waals surface area contributed by atoms with Crippen molar-refractivity contribution in [2.24, 2.45) is 0 Å². The zero-order valence-corrected chi connectivity index (χ0v) is 20.6.